The number of likely N-dealkylation sites (tertiary alicyclic amines) is 1. The van der Waals surface area contributed by atoms with E-state index in [1.807, 2.05) is 49.2 Å². The predicted molar refractivity (Wildman–Crippen MR) is 111 cm³/mol. The van der Waals surface area contributed by atoms with Crippen molar-refractivity contribution in [2.75, 3.05) is 33.2 Å². The van der Waals surface area contributed by atoms with Crippen molar-refractivity contribution in [1.29, 1.82) is 0 Å². The first-order valence-electron chi connectivity index (χ1n) is 9.48. The third kappa shape index (κ3) is 4.70. The number of halogens is 1. The largest absolute Gasteiger partial charge is 0.338 e. The van der Waals surface area contributed by atoms with Crippen LogP contribution in [0.25, 0.3) is 0 Å². The third-order valence-electron chi connectivity index (χ3n) is 5.73. The van der Waals surface area contributed by atoms with Gasteiger partial charge in [0.15, 0.2) is 0 Å². The SMILES string of the molecule is CC(c1ccc(Cl)cc1)N(C)C(=O)CN1C[C@@H](CN)[C@H](c2ccccc2)C1. The van der Waals surface area contributed by atoms with Crippen LogP contribution >= 0.6 is 11.6 Å². The Morgan fingerprint density at radius 2 is 1.85 bits per heavy atom. The minimum Gasteiger partial charge on any atom is -0.338 e. The van der Waals surface area contributed by atoms with Gasteiger partial charge in [0.1, 0.15) is 0 Å². The standard InChI is InChI=1S/C22H28ClN3O/c1-16(17-8-10-20(23)11-9-17)25(2)22(27)15-26-13-19(12-24)21(14-26)18-6-4-3-5-7-18/h3-11,16,19,21H,12-15,24H2,1-2H3/t16?,19-,21+/m1/s1. The Morgan fingerprint density at radius 3 is 2.48 bits per heavy atom. The molecule has 1 fully saturated rings. The summed E-state index contributed by atoms with van der Waals surface area (Å²) < 4.78 is 0. The van der Waals surface area contributed by atoms with E-state index in [1.54, 1.807) is 0 Å². The number of likely N-dealkylation sites (N-methyl/N-ethyl adjacent to an activating group) is 1. The van der Waals surface area contributed by atoms with Gasteiger partial charge in [0.05, 0.1) is 12.6 Å². The second-order valence-corrected chi connectivity index (χ2v) is 7.88. The van der Waals surface area contributed by atoms with Gasteiger partial charge in [-0.1, -0.05) is 54.1 Å². The molecule has 2 N–H and O–H groups in total. The summed E-state index contributed by atoms with van der Waals surface area (Å²) in [6, 6.07) is 18.2. The van der Waals surface area contributed by atoms with E-state index in [0.717, 1.165) is 18.7 Å². The number of nitrogens with two attached hydrogens (primary N) is 1. The lowest BCUT2D eigenvalue weighted by Gasteiger charge is -2.27. The van der Waals surface area contributed by atoms with Gasteiger partial charge in [0.2, 0.25) is 5.91 Å². The van der Waals surface area contributed by atoms with E-state index in [1.165, 1.54) is 5.56 Å². The van der Waals surface area contributed by atoms with Gasteiger partial charge in [-0.3, -0.25) is 9.69 Å². The lowest BCUT2D eigenvalue weighted by atomic mass is 9.89. The Kier molecular flexibility index (Phi) is 6.53. The van der Waals surface area contributed by atoms with Crippen molar-refractivity contribution >= 4 is 17.5 Å². The molecule has 1 heterocycles. The van der Waals surface area contributed by atoms with Crippen LogP contribution in [-0.4, -0.2) is 48.9 Å². The van der Waals surface area contributed by atoms with Crippen molar-refractivity contribution in [3.63, 3.8) is 0 Å². The van der Waals surface area contributed by atoms with Gasteiger partial charge >= 0.3 is 0 Å². The Morgan fingerprint density at radius 1 is 1.19 bits per heavy atom. The van der Waals surface area contributed by atoms with Crippen LogP contribution in [0.1, 0.15) is 30.0 Å². The van der Waals surface area contributed by atoms with Crippen molar-refractivity contribution in [3.05, 3.63) is 70.7 Å². The monoisotopic (exact) mass is 385 g/mol. The molecule has 1 amide bonds. The van der Waals surface area contributed by atoms with E-state index in [4.69, 9.17) is 17.3 Å². The Labute approximate surface area is 166 Å². The van der Waals surface area contributed by atoms with Crippen LogP contribution in [0.4, 0.5) is 0 Å². The van der Waals surface area contributed by atoms with Crippen molar-refractivity contribution in [1.82, 2.24) is 9.80 Å². The molecule has 0 spiro atoms. The van der Waals surface area contributed by atoms with Gasteiger partial charge in [0, 0.05) is 31.1 Å². The minimum absolute atomic E-state index is 0.00703. The van der Waals surface area contributed by atoms with E-state index in [2.05, 4.69) is 29.2 Å². The number of hydrogen-bond donors (Lipinski definition) is 1. The van der Waals surface area contributed by atoms with Crippen LogP contribution in [0.15, 0.2) is 54.6 Å². The summed E-state index contributed by atoms with van der Waals surface area (Å²) >= 11 is 5.97. The molecule has 0 aromatic heterocycles. The van der Waals surface area contributed by atoms with E-state index >= 15 is 0 Å². The second-order valence-electron chi connectivity index (χ2n) is 7.44. The summed E-state index contributed by atoms with van der Waals surface area (Å²) in [4.78, 5) is 16.9. The fourth-order valence-corrected chi connectivity index (χ4v) is 4.02. The van der Waals surface area contributed by atoms with Gasteiger partial charge in [-0.05, 0) is 42.6 Å². The summed E-state index contributed by atoms with van der Waals surface area (Å²) in [5.74, 6) is 0.907. The van der Waals surface area contributed by atoms with Gasteiger partial charge in [0.25, 0.3) is 0 Å². The minimum atomic E-state index is 0.00703. The highest BCUT2D eigenvalue weighted by Gasteiger charge is 2.34. The molecule has 1 aliphatic heterocycles. The van der Waals surface area contributed by atoms with Gasteiger partial charge in [-0.15, -0.1) is 0 Å². The fourth-order valence-electron chi connectivity index (χ4n) is 3.89. The first kappa shape index (κ1) is 19.9. The second kappa shape index (κ2) is 8.87. The molecule has 5 heteroatoms. The summed E-state index contributed by atoms with van der Waals surface area (Å²) in [6.45, 7) is 4.85. The molecule has 0 aliphatic carbocycles. The maximum absolute atomic E-state index is 12.8. The number of hydrogen-bond acceptors (Lipinski definition) is 3. The number of amides is 1. The van der Waals surface area contributed by atoms with Gasteiger partial charge in [-0.2, -0.15) is 0 Å². The average Bonchev–Trinajstić information content (AvgIpc) is 3.11. The Balaban J connectivity index is 1.62. The molecule has 27 heavy (non-hydrogen) atoms. The van der Waals surface area contributed by atoms with E-state index in [-0.39, 0.29) is 11.9 Å². The molecule has 4 nitrogen and oxygen atoms in total. The van der Waals surface area contributed by atoms with Crippen molar-refractivity contribution in [3.8, 4) is 0 Å². The molecule has 144 valence electrons. The van der Waals surface area contributed by atoms with Crippen LogP contribution < -0.4 is 5.73 Å². The summed E-state index contributed by atoms with van der Waals surface area (Å²) in [7, 11) is 1.87. The van der Waals surface area contributed by atoms with Crippen LogP contribution in [0.3, 0.4) is 0 Å². The highest BCUT2D eigenvalue weighted by atomic mass is 35.5. The quantitative estimate of drug-likeness (QED) is 0.827. The number of nitrogens with zero attached hydrogens (tertiary/aromatic N) is 2. The maximum Gasteiger partial charge on any atom is 0.236 e. The molecule has 1 unspecified atom stereocenters. The Bertz CT molecular complexity index is 750. The molecule has 0 radical (unpaired) electrons. The maximum atomic E-state index is 12.8. The molecule has 3 rings (SSSR count). The van der Waals surface area contributed by atoms with Gasteiger partial charge in [-0.25, -0.2) is 0 Å². The average molecular weight is 386 g/mol. The number of benzene rings is 2. The highest BCUT2D eigenvalue weighted by molar-refractivity contribution is 6.30. The first-order chi connectivity index (χ1) is 13.0. The number of carbonyl (C=O) groups is 1. The van der Waals surface area contributed by atoms with Crippen LogP contribution in [0, 0.1) is 5.92 Å². The predicted octanol–water partition coefficient (Wildman–Crippen LogP) is 3.53. The molecule has 0 saturated carbocycles. The zero-order chi connectivity index (χ0) is 19.4. The molecule has 0 bridgehead atoms. The zero-order valence-electron chi connectivity index (χ0n) is 16.0. The molecule has 1 saturated heterocycles. The normalized spacial score (nSPS) is 21.2. The van der Waals surface area contributed by atoms with E-state index in [9.17, 15) is 4.79 Å². The third-order valence-corrected chi connectivity index (χ3v) is 5.98. The van der Waals surface area contributed by atoms with E-state index in [0.29, 0.717) is 29.9 Å². The van der Waals surface area contributed by atoms with Crippen LogP contribution in [-0.2, 0) is 4.79 Å². The van der Waals surface area contributed by atoms with Crippen molar-refractivity contribution in [2.45, 2.75) is 18.9 Å². The summed E-state index contributed by atoms with van der Waals surface area (Å²) in [5.41, 5.74) is 8.41. The smallest absolute Gasteiger partial charge is 0.236 e. The highest BCUT2D eigenvalue weighted by Crippen LogP contribution is 2.32. The first-order valence-corrected chi connectivity index (χ1v) is 9.86. The number of rotatable bonds is 6. The van der Waals surface area contributed by atoms with Gasteiger partial charge < -0.3 is 10.6 Å². The molecular weight excluding hydrogens is 358 g/mol. The lowest BCUT2D eigenvalue weighted by Crippen LogP contribution is -2.39. The Hall–Kier alpha value is -1.88. The van der Waals surface area contributed by atoms with Crippen LogP contribution in [0.5, 0.6) is 0 Å². The van der Waals surface area contributed by atoms with Crippen molar-refractivity contribution < 1.29 is 4.79 Å². The number of carbonyl (C=O) groups excluding carboxylic acids is 1. The molecule has 2 aromatic carbocycles. The lowest BCUT2D eigenvalue weighted by molar-refractivity contribution is -0.132. The van der Waals surface area contributed by atoms with Crippen molar-refractivity contribution in [2.24, 2.45) is 11.7 Å². The summed E-state index contributed by atoms with van der Waals surface area (Å²) in [5, 5.41) is 0.705. The fraction of sp³-hybridized carbons (Fsp3) is 0.409. The van der Waals surface area contributed by atoms with Crippen LogP contribution in [0.2, 0.25) is 5.02 Å². The topological polar surface area (TPSA) is 49.6 Å². The zero-order valence-corrected chi connectivity index (χ0v) is 16.8. The molecule has 1 aliphatic rings. The van der Waals surface area contributed by atoms with E-state index < -0.39 is 0 Å². The molecule has 2 aromatic rings. The molecule has 3 atom stereocenters. The molecular formula is C22H28ClN3O. The summed E-state index contributed by atoms with van der Waals surface area (Å²) in [6.07, 6.45) is 0.